The van der Waals surface area contributed by atoms with Crippen molar-refractivity contribution in [3.8, 4) is 0 Å². The molecule has 1 aromatic rings. The van der Waals surface area contributed by atoms with Crippen molar-refractivity contribution in [1.82, 2.24) is 4.90 Å². The molecule has 1 aliphatic heterocycles. The Morgan fingerprint density at radius 1 is 1.64 bits per heavy atom. The van der Waals surface area contributed by atoms with Crippen molar-refractivity contribution in [2.24, 2.45) is 0 Å². The van der Waals surface area contributed by atoms with E-state index in [0.29, 0.717) is 24.7 Å². The smallest absolute Gasteiger partial charge is 0.410 e. The van der Waals surface area contributed by atoms with Gasteiger partial charge < -0.3 is 14.1 Å². The fourth-order valence-electron chi connectivity index (χ4n) is 1.42. The number of alkyl halides is 1. The summed E-state index contributed by atoms with van der Waals surface area (Å²) in [6.07, 6.45) is 0.945. The molecule has 0 saturated carbocycles. The molecular weight excluding hydrogens is 206 g/mol. The van der Waals surface area contributed by atoms with Crippen LogP contribution in [0.2, 0.25) is 0 Å². The van der Waals surface area contributed by atoms with Crippen molar-refractivity contribution in [3.05, 3.63) is 24.2 Å². The molecule has 1 aromatic heterocycles. The largest absolute Gasteiger partial charge is 0.465 e. The van der Waals surface area contributed by atoms with Crippen LogP contribution in [0.3, 0.4) is 0 Å². The lowest BCUT2D eigenvalue weighted by Gasteiger charge is -2.08. The average molecular weight is 216 g/mol. The zero-order valence-corrected chi connectivity index (χ0v) is 8.24. The molecule has 0 N–H and O–H groups in total. The number of amides is 1. The average Bonchev–Trinajstić information content (AvgIpc) is 2.76. The van der Waals surface area contributed by atoms with Crippen molar-refractivity contribution in [2.75, 3.05) is 19.0 Å². The third kappa shape index (κ3) is 1.70. The molecule has 4 nitrogen and oxygen atoms in total. The first-order valence-corrected chi connectivity index (χ1v) is 4.89. The van der Waals surface area contributed by atoms with Crippen molar-refractivity contribution >= 4 is 17.7 Å². The number of hydrogen-bond acceptors (Lipinski definition) is 3. The van der Waals surface area contributed by atoms with E-state index in [-0.39, 0.29) is 12.2 Å². The molecule has 5 heteroatoms. The maximum Gasteiger partial charge on any atom is 0.410 e. The first-order chi connectivity index (χ1) is 6.81. The van der Waals surface area contributed by atoms with Gasteiger partial charge in [-0.05, 0) is 12.1 Å². The summed E-state index contributed by atoms with van der Waals surface area (Å²) in [5, 5.41) is 0. The fourth-order valence-corrected chi connectivity index (χ4v) is 1.62. The minimum absolute atomic E-state index is 0.291. The van der Waals surface area contributed by atoms with Gasteiger partial charge in [-0.15, -0.1) is 11.6 Å². The Bertz CT molecular complexity index is 312. The highest BCUT2D eigenvalue weighted by atomic mass is 35.5. The van der Waals surface area contributed by atoms with E-state index in [0.717, 1.165) is 0 Å². The maximum atomic E-state index is 11.3. The number of halogens is 1. The van der Waals surface area contributed by atoms with Crippen molar-refractivity contribution in [2.45, 2.75) is 6.10 Å². The van der Waals surface area contributed by atoms with E-state index in [1.807, 2.05) is 0 Å². The normalized spacial score (nSPS) is 21.4. The fraction of sp³-hybridized carbons (Fsp3) is 0.444. The number of hydrogen-bond donors (Lipinski definition) is 0. The number of rotatable bonds is 3. The van der Waals surface area contributed by atoms with Crippen LogP contribution in [0.1, 0.15) is 11.9 Å². The molecule has 0 aliphatic carbocycles. The van der Waals surface area contributed by atoms with Crippen molar-refractivity contribution in [1.29, 1.82) is 0 Å². The third-order valence-corrected chi connectivity index (χ3v) is 2.27. The molecule has 1 atom stereocenters. The molecule has 0 aromatic carbocycles. The van der Waals surface area contributed by atoms with Crippen molar-refractivity contribution in [3.63, 3.8) is 0 Å². The van der Waals surface area contributed by atoms with E-state index in [1.54, 1.807) is 23.3 Å². The molecule has 2 rings (SSSR count). The summed E-state index contributed by atoms with van der Waals surface area (Å²) in [5.74, 6) is 1.09. The molecule has 14 heavy (non-hydrogen) atoms. The van der Waals surface area contributed by atoms with Gasteiger partial charge in [-0.25, -0.2) is 4.79 Å². The van der Waals surface area contributed by atoms with Crippen LogP contribution in [0.5, 0.6) is 0 Å². The van der Waals surface area contributed by atoms with Crippen LogP contribution in [-0.2, 0) is 4.74 Å². The molecule has 1 saturated heterocycles. The Morgan fingerprint density at radius 3 is 3.14 bits per heavy atom. The first-order valence-electron chi connectivity index (χ1n) is 4.36. The lowest BCUT2D eigenvalue weighted by Crippen LogP contribution is -2.26. The molecule has 1 fully saturated rings. The van der Waals surface area contributed by atoms with Gasteiger partial charge in [-0.2, -0.15) is 0 Å². The second-order valence-corrected chi connectivity index (χ2v) is 3.40. The standard InChI is InChI=1S/C9H10ClNO3/c10-3-4-11-6-8(14-9(11)12)7-2-1-5-13-7/h1-2,5,8H,3-4,6H2. The lowest BCUT2D eigenvalue weighted by molar-refractivity contribution is 0.123. The van der Waals surface area contributed by atoms with Gasteiger partial charge in [0.2, 0.25) is 0 Å². The first kappa shape index (κ1) is 9.40. The predicted molar refractivity (Wildman–Crippen MR) is 50.2 cm³/mol. The number of carbonyl (C=O) groups excluding carboxylic acids is 1. The number of nitrogens with zero attached hydrogens (tertiary/aromatic N) is 1. The molecule has 2 heterocycles. The van der Waals surface area contributed by atoms with Crippen LogP contribution < -0.4 is 0 Å². The summed E-state index contributed by atoms with van der Waals surface area (Å²) in [7, 11) is 0. The Labute approximate surface area is 86.4 Å². The predicted octanol–water partition coefficient (Wildman–Crippen LogP) is 2.01. The van der Waals surface area contributed by atoms with Crippen LogP contribution >= 0.6 is 11.6 Å². The Morgan fingerprint density at radius 2 is 2.50 bits per heavy atom. The monoisotopic (exact) mass is 215 g/mol. The van der Waals surface area contributed by atoms with Crippen molar-refractivity contribution < 1.29 is 13.9 Å². The molecule has 1 amide bonds. The van der Waals surface area contributed by atoms with Gasteiger partial charge in [0.15, 0.2) is 6.10 Å². The van der Waals surface area contributed by atoms with Gasteiger partial charge in [-0.3, -0.25) is 0 Å². The summed E-state index contributed by atoms with van der Waals surface area (Å²) < 4.78 is 10.3. The van der Waals surface area contributed by atoms with Crippen LogP contribution in [0.4, 0.5) is 4.79 Å². The lowest BCUT2D eigenvalue weighted by atomic mass is 10.3. The van der Waals surface area contributed by atoms with Gasteiger partial charge in [0.05, 0.1) is 12.8 Å². The van der Waals surface area contributed by atoms with Gasteiger partial charge >= 0.3 is 6.09 Å². The minimum Gasteiger partial charge on any atom is -0.465 e. The molecule has 0 spiro atoms. The van der Waals surface area contributed by atoms with Gasteiger partial charge in [0.1, 0.15) is 5.76 Å². The number of carbonyl (C=O) groups is 1. The molecule has 0 bridgehead atoms. The van der Waals surface area contributed by atoms with Crippen LogP contribution in [0.15, 0.2) is 22.8 Å². The molecule has 1 unspecified atom stereocenters. The van der Waals surface area contributed by atoms with E-state index in [9.17, 15) is 4.79 Å². The second-order valence-electron chi connectivity index (χ2n) is 3.02. The van der Waals surface area contributed by atoms with E-state index >= 15 is 0 Å². The quantitative estimate of drug-likeness (QED) is 0.725. The minimum atomic E-state index is -0.327. The molecule has 0 radical (unpaired) electrons. The summed E-state index contributed by atoms with van der Waals surface area (Å²) in [5.41, 5.74) is 0. The highest BCUT2D eigenvalue weighted by molar-refractivity contribution is 6.18. The highest BCUT2D eigenvalue weighted by Crippen LogP contribution is 2.25. The SMILES string of the molecule is O=C1OC(c2ccco2)CN1CCCl. The Kier molecular flexibility index (Phi) is 2.63. The van der Waals surface area contributed by atoms with E-state index in [2.05, 4.69) is 0 Å². The highest BCUT2D eigenvalue weighted by Gasteiger charge is 2.33. The van der Waals surface area contributed by atoms with Gasteiger partial charge in [0, 0.05) is 12.4 Å². The van der Waals surface area contributed by atoms with E-state index in [4.69, 9.17) is 20.8 Å². The molecule has 76 valence electrons. The summed E-state index contributed by atoms with van der Waals surface area (Å²) >= 11 is 5.55. The maximum absolute atomic E-state index is 11.3. The summed E-state index contributed by atoms with van der Waals surface area (Å²) in [4.78, 5) is 12.8. The number of cyclic esters (lactones) is 1. The topological polar surface area (TPSA) is 42.7 Å². The van der Waals surface area contributed by atoms with Crippen LogP contribution in [-0.4, -0.2) is 30.0 Å². The molecule has 1 aliphatic rings. The summed E-state index contributed by atoms with van der Waals surface area (Å²) in [6, 6.07) is 3.57. The summed E-state index contributed by atoms with van der Waals surface area (Å²) in [6.45, 7) is 1.02. The third-order valence-electron chi connectivity index (χ3n) is 2.10. The number of ether oxygens (including phenoxy) is 1. The molecular formula is C9H10ClNO3. The van der Waals surface area contributed by atoms with Gasteiger partial charge in [-0.1, -0.05) is 0 Å². The van der Waals surface area contributed by atoms with Crippen LogP contribution in [0.25, 0.3) is 0 Å². The van der Waals surface area contributed by atoms with E-state index in [1.165, 1.54) is 0 Å². The number of furan rings is 1. The zero-order chi connectivity index (χ0) is 9.97. The van der Waals surface area contributed by atoms with E-state index < -0.39 is 0 Å². The Balaban J connectivity index is 2.03. The Hall–Kier alpha value is -1.16. The van der Waals surface area contributed by atoms with Crippen LogP contribution in [0, 0.1) is 0 Å². The second kappa shape index (κ2) is 3.92. The zero-order valence-electron chi connectivity index (χ0n) is 7.48. The van der Waals surface area contributed by atoms with Gasteiger partial charge in [0.25, 0.3) is 0 Å².